The second-order valence-electron chi connectivity index (χ2n) is 9.39. The molecule has 4 rings (SSSR count). The maximum atomic E-state index is 12.3. The van der Waals surface area contributed by atoms with E-state index in [0.29, 0.717) is 11.8 Å². The van der Waals surface area contributed by atoms with Gasteiger partial charge in [-0.25, -0.2) is 0 Å². The second-order valence-corrected chi connectivity index (χ2v) is 9.39. The predicted octanol–water partition coefficient (Wildman–Crippen LogP) is 2.32. The number of nitrogens with two attached hydrogens (primary N) is 1. The van der Waals surface area contributed by atoms with Crippen LogP contribution in [0.25, 0.3) is 0 Å². The zero-order valence-corrected chi connectivity index (χ0v) is 15.3. The van der Waals surface area contributed by atoms with Gasteiger partial charge in [-0.05, 0) is 67.1 Å². The van der Waals surface area contributed by atoms with Gasteiger partial charge in [-0.2, -0.15) is 0 Å². The van der Waals surface area contributed by atoms with Crippen molar-refractivity contribution in [3.05, 3.63) is 11.6 Å². The Morgan fingerprint density at radius 3 is 2.79 bits per heavy atom. The van der Waals surface area contributed by atoms with E-state index in [4.69, 9.17) is 5.73 Å². The number of fused-ring (bicyclic) bond motifs is 5. The Bertz CT molecular complexity index is 588. The fraction of sp³-hybridized carbons (Fsp3) is 0.850. The highest BCUT2D eigenvalue weighted by molar-refractivity contribution is 5.88. The van der Waals surface area contributed by atoms with Crippen LogP contribution in [-0.2, 0) is 4.79 Å². The standard InChI is InChI=1S/C20H32N2O2/c1-19-8-9-22(3)17(24)10-12(19)4-5-13-14-6-7-16(21)20(14,2)11-15(23)18(13)19/h10,13-16,18,23H,4-9,11,21H2,1-3H3/t13?,14?,15-,16-,18?,19-,20-/m0/s1. The quantitative estimate of drug-likeness (QED) is 0.715. The Kier molecular flexibility index (Phi) is 3.67. The van der Waals surface area contributed by atoms with Gasteiger partial charge in [0.1, 0.15) is 0 Å². The fourth-order valence-corrected chi connectivity index (χ4v) is 6.85. The first-order valence-corrected chi connectivity index (χ1v) is 9.67. The number of carbonyl (C=O) groups is 1. The number of rotatable bonds is 0. The van der Waals surface area contributed by atoms with E-state index in [9.17, 15) is 9.90 Å². The van der Waals surface area contributed by atoms with Crippen LogP contribution in [0, 0.1) is 28.6 Å². The molecule has 0 spiro atoms. The van der Waals surface area contributed by atoms with E-state index >= 15 is 0 Å². The molecule has 0 bridgehead atoms. The SMILES string of the molecule is CN1CC[C@@]2(C)C(=CC1=O)CCC1C2[C@@H](O)C[C@@]2(C)C1CC[C@@H]2N. The summed E-state index contributed by atoms with van der Waals surface area (Å²) in [4.78, 5) is 14.1. The Morgan fingerprint density at radius 1 is 1.29 bits per heavy atom. The molecule has 3 saturated carbocycles. The summed E-state index contributed by atoms with van der Waals surface area (Å²) >= 11 is 0. The number of hydrogen-bond donors (Lipinski definition) is 2. The normalized spacial score (nSPS) is 51.4. The lowest BCUT2D eigenvalue weighted by Gasteiger charge is -2.58. The van der Waals surface area contributed by atoms with Gasteiger partial charge in [-0.15, -0.1) is 0 Å². The number of likely N-dealkylation sites (N-methyl/N-ethyl adjacent to an activating group) is 1. The van der Waals surface area contributed by atoms with Gasteiger partial charge in [-0.3, -0.25) is 4.79 Å². The van der Waals surface area contributed by atoms with Crippen molar-refractivity contribution >= 4 is 5.91 Å². The monoisotopic (exact) mass is 332 g/mol. The summed E-state index contributed by atoms with van der Waals surface area (Å²) in [5, 5.41) is 11.2. The second kappa shape index (κ2) is 5.31. The van der Waals surface area contributed by atoms with Crippen molar-refractivity contribution in [2.24, 2.45) is 34.3 Å². The van der Waals surface area contributed by atoms with E-state index in [1.165, 1.54) is 12.0 Å². The van der Waals surface area contributed by atoms with E-state index in [-0.39, 0.29) is 34.8 Å². The summed E-state index contributed by atoms with van der Waals surface area (Å²) in [7, 11) is 1.89. The van der Waals surface area contributed by atoms with Crippen molar-refractivity contribution in [3.8, 4) is 0 Å². The number of nitrogens with zero attached hydrogens (tertiary/aromatic N) is 1. The van der Waals surface area contributed by atoms with Crippen LogP contribution < -0.4 is 5.73 Å². The van der Waals surface area contributed by atoms with Crippen molar-refractivity contribution in [1.82, 2.24) is 4.90 Å². The minimum absolute atomic E-state index is 0.0449. The number of aliphatic hydroxyl groups excluding tert-OH is 1. The Morgan fingerprint density at radius 2 is 2.04 bits per heavy atom. The van der Waals surface area contributed by atoms with Gasteiger partial charge >= 0.3 is 0 Å². The average molecular weight is 332 g/mol. The number of carbonyl (C=O) groups excluding carboxylic acids is 1. The van der Waals surface area contributed by atoms with Crippen molar-refractivity contribution in [3.63, 3.8) is 0 Å². The van der Waals surface area contributed by atoms with Crippen LogP contribution in [0.2, 0.25) is 0 Å². The third kappa shape index (κ3) is 2.08. The molecule has 134 valence electrons. The molecule has 3 unspecified atom stereocenters. The molecule has 0 aromatic heterocycles. The lowest BCUT2D eigenvalue weighted by atomic mass is 9.47. The molecular weight excluding hydrogens is 300 g/mol. The number of hydrogen-bond acceptors (Lipinski definition) is 3. The molecule has 1 amide bonds. The lowest BCUT2D eigenvalue weighted by molar-refractivity contribution is -0.125. The highest BCUT2D eigenvalue weighted by atomic mass is 16.3. The van der Waals surface area contributed by atoms with Gasteiger partial charge in [0.25, 0.3) is 0 Å². The van der Waals surface area contributed by atoms with Gasteiger partial charge in [0.2, 0.25) is 5.91 Å². The van der Waals surface area contributed by atoms with E-state index in [1.807, 2.05) is 18.0 Å². The molecule has 0 aromatic rings. The zero-order valence-electron chi connectivity index (χ0n) is 15.3. The molecule has 24 heavy (non-hydrogen) atoms. The maximum absolute atomic E-state index is 12.3. The molecule has 0 saturated heterocycles. The lowest BCUT2D eigenvalue weighted by Crippen LogP contribution is -2.57. The summed E-state index contributed by atoms with van der Waals surface area (Å²) < 4.78 is 0. The smallest absolute Gasteiger partial charge is 0.246 e. The maximum Gasteiger partial charge on any atom is 0.246 e. The van der Waals surface area contributed by atoms with Gasteiger partial charge < -0.3 is 15.7 Å². The van der Waals surface area contributed by atoms with Crippen LogP contribution in [0.1, 0.15) is 52.4 Å². The van der Waals surface area contributed by atoms with Crippen molar-refractivity contribution in [1.29, 1.82) is 0 Å². The summed E-state index contributed by atoms with van der Waals surface area (Å²) in [6.07, 6.45) is 7.79. The first-order chi connectivity index (χ1) is 11.3. The number of amides is 1. The third-order valence-electron chi connectivity index (χ3n) is 8.38. The van der Waals surface area contributed by atoms with Crippen LogP contribution in [0.5, 0.6) is 0 Å². The number of aliphatic hydroxyl groups is 1. The van der Waals surface area contributed by atoms with Crippen LogP contribution in [-0.4, -0.2) is 41.7 Å². The predicted molar refractivity (Wildman–Crippen MR) is 94.1 cm³/mol. The van der Waals surface area contributed by atoms with Crippen LogP contribution in [0.15, 0.2) is 11.6 Å². The average Bonchev–Trinajstić information content (AvgIpc) is 2.76. The fourth-order valence-electron chi connectivity index (χ4n) is 6.85. The summed E-state index contributed by atoms with van der Waals surface area (Å²) in [6, 6.07) is 0.227. The molecule has 0 aromatic carbocycles. The van der Waals surface area contributed by atoms with Crippen molar-refractivity contribution < 1.29 is 9.90 Å². The van der Waals surface area contributed by atoms with E-state index in [0.717, 1.165) is 38.6 Å². The van der Waals surface area contributed by atoms with Crippen LogP contribution >= 0.6 is 0 Å². The van der Waals surface area contributed by atoms with Gasteiger partial charge in [0, 0.05) is 25.7 Å². The Balaban J connectivity index is 1.73. The van der Waals surface area contributed by atoms with Gasteiger partial charge in [-0.1, -0.05) is 19.4 Å². The molecule has 7 atom stereocenters. The molecule has 4 nitrogen and oxygen atoms in total. The third-order valence-corrected chi connectivity index (χ3v) is 8.38. The molecule has 3 aliphatic carbocycles. The van der Waals surface area contributed by atoms with Crippen LogP contribution in [0.3, 0.4) is 0 Å². The van der Waals surface area contributed by atoms with Gasteiger partial charge in [0.15, 0.2) is 0 Å². The van der Waals surface area contributed by atoms with Gasteiger partial charge in [0.05, 0.1) is 6.10 Å². The Hall–Kier alpha value is -0.870. The molecule has 3 fully saturated rings. The molecular formula is C20H32N2O2. The Labute approximate surface area is 145 Å². The first kappa shape index (κ1) is 16.6. The number of allylic oxidation sites excluding steroid dienone is 1. The minimum atomic E-state index is -0.299. The van der Waals surface area contributed by atoms with Crippen molar-refractivity contribution in [2.45, 2.75) is 64.5 Å². The summed E-state index contributed by atoms with van der Waals surface area (Å²) in [5.41, 5.74) is 7.79. The molecule has 1 aliphatic heterocycles. The molecule has 4 heteroatoms. The largest absolute Gasteiger partial charge is 0.393 e. The van der Waals surface area contributed by atoms with E-state index < -0.39 is 0 Å². The van der Waals surface area contributed by atoms with E-state index in [2.05, 4.69) is 13.8 Å². The van der Waals surface area contributed by atoms with Crippen molar-refractivity contribution in [2.75, 3.05) is 13.6 Å². The molecule has 0 radical (unpaired) electrons. The van der Waals surface area contributed by atoms with E-state index in [1.54, 1.807) is 0 Å². The molecule has 3 N–H and O–H groups in total. The van der Waals surface area contributed by atoms with Crippen LogP contribution in [0.4, 0.5) is 0 Å². The first-order valence-electron chi connectivity index (χ1n) is 9.67. The summed E-state index contributed by atoms with van der Waals surface area (Å²) in [6.45, 7) is 5.41. The molecule has 1 heterocycles. The molecule has 4 aliphatic rings. The summed E-state index contributed by atoms with van der Waals surface area (Å²) in [5.74, 6) is 1.59. The highest BCUT2D eigenvalue weighted by Crippen LogP contribution is 2.64. The minimum Gasteiger partial charge on any atom is -0.393 e. The highest BCUT2D eigenvalue weighted by Gasteiger charge is 2.61. The topological polar surface area (TPSA) is 66.6 Å². The zero-order chi connectivity index (χ0) is 17.3.